The number of hydrogen-bond donors (Lipinski definition) is 2. The number of hydrogen-bond acceptors (Lipinski definition) is 1. The molecule has 0 aliphatic heterocycles. The molecule has 0 amide bonds. The van der Waals surface area contributed by atoms with Crippen LogP contribution in [-0.2, 0) is 6.42 Å². The molecule has 0 aliphatic carbocycles. The molecular formula is C18H17BrClFN2. The summed E-state index contributed by atoms with van der Waals surface area (Å²) in [5.74, 6) is -0.237. The van der Waals surface area contributed by atoms with E-state index in [1.807, 2.05) is 12.1 Å². The van der Waals surface area contributed by atoms with Crippen molar-refractivity contribution in [1.29, 1.82) is 0 Å². The number of fused-ring (bicyclic) bond motifs is 1. The molecule has 120 valence electrons. The standard InChI is InChI=1S/C18H17BrClFN2/c19-16-10-12(20)9-15-14(3-1-2-8-22)17(23-18(15)16)11-4-6-13(21)7-5-11/h4-7,9-10,23H,1-3,8,22H2. The third-order valence-corrected chi connectivity index (χ3v) is 4.79. The second-order valence-electron chi connectivity index (χ2n) is 5.54. The molecule has 23 heavy (non-hydrogen) atoms. The van der Waals surface area contributed by atoms with E-state index in [2.05, 4.69) is 20.9 Å². The summed E-state index contributed by atoms with van der Waals surface area (Å²) in [4.78, 5) is 3.46. The monoisotopic (exact) mass is 394 g/mol. The van der Waals surface area contributed by atoms with Crippen molar-refractivity contribution in [3.05, 3.63) is 57.3 Å². The third kappa shape index (κ3) is 3.44. The average Bonchev–Trinajstić information content (AvgIpc) is 2.87. The number of H-pyrrole nitrogens is 1. The van der Waals surface area contributed by atoms with Gasteiger partial charge < -0.3 is 10.7 Å². The van der Waals surface area contributed by atoms with Crippen LogP contribution in [0.2, 0.25) is 5.02 Å². The first-order valence-corrected chi connectivity index (χ1v) is 8.73. The van der Waals surface area contributed by atoms with E-state index in [0.717, 1.165) is 45.9 Å². The first kappa shape index (κ1) is 16.5. The van der Waals surface area contributed by atoms with E-state index in [4.69, 9.17) is 17.3 Å². The van der Waals surface area contributed by atoms with Gasteiger partial charge in [0.25, 0.3) is 0 Å². The van der Waals surface area contributed by atoms with Gasteiger partial charge in [-0.1, -0.05) is 11.6 Å². The van der Waals surface area contributed by atoms with Crippen molar-refractivity contribution in [3.8, 4) is 11.3 Å². The van der Waals surface area contributed by atoms with E-state index in [0.29, 0.717) is 11.6 Å². The van der Waals surface area contributed by atoms with E-state index in [9.17, 15) is 4.39 Å². The van der Waals surface area contributed by atoms with Crippen molar-refractivity contribution in [3.63, 3.8) is 0 Å². The SMILES string of the molecule is NCCCCc1c(-c2ccc(F)cc2)[nH]c2c(Br)cc(Cl)cc12. The number of halogens is 3. The van der Waals surface area contributed by atoms with E-state index in [1.54, 1.807) is 12.1 Å². The normalized spacial score (nSPS) is 11.3. The lowest BCUT2D eigenvalue weighted by atomic mass is 10.0. The molecule has 0 bridgehead atoms. The maximum absolute atomic E-state index is 13.2. The highest BCUT2D eigenvalue weighted by molar-refractivity contribution is 9.10. The van der Waals surface area contributed by atoms with Gasteiger partial charge in [0.1, 0.15) is 5.82 Å². The summed E-state index contributed by atoms with van der Waals surface area (Å²) in [5, 5.41) is 1.79. The van der Waals surface area contributed by atoms with Crippen LogP contribution in [0.3, 0.4) is 0 Å². The average molecular weight is 396 g/mol. The molecule has 2 aromatic carbocycles. The number of benzene rings is 2. The van der Waals surface area contributed by atoms with Crippen LogP contribution in [0, 0.1) is 5.82 Å². The van der Waals surface area contributed by atoms with Crippen LogP contribution >= 0.6 is 27.5 Å². The zero-order chi connectivity index (χ0) is 16.4. The molecule has 0 fully saturated rings. The lowest BCUT2D eigenvalue weighted by molar-refractivity contribution is 0.628. The van der Waals surface area contributed by atoms with Gasteiger partial charge in [0.15, 0.2) is 0 Å². The fraction of sp³-hybridized carbons (Fsp3) is 0.222. The fourth-order valence-electron chi connectivity index (χ4n) is 2.84. The summed E-state index contributed by atoms with van der Waals surface area (Å²) in [6.07, 6.45) is 2.87. The second-order valence-corrected chi connectivity index (χ2v) is 6.83. The van der Waals surface area contributed by atoms with Crippen LogP contribution < -0.4 is 5.73 Å². The highest BCUT2D eigenvalue weighted by Crippen LogP contribution is 2.36. The predicted octanol–water partition coefficient (Wildman–Crippen LogP) is 5.67. The number of nitrogens with two attached hydrogens (primary N) is 1. The number of rotatable bonds is 5. The molecule has 0 radical (unpaired) electrons. The quantitative estimate of drug-likeness (QED) is 0.537. The zero-order valence-corrected chi connectivity index (χ0v) is 14.8. The maximum Gasteiger partial charge on any atom is 0.123 e. The molecular weight excluding hydrogens is 379 g/mol. The Kier molecular flexibility index (Phi) is 5.05. The molecule has 0 aliphatic rings. The van der Waals surface area contributed by atoms with Gasteiger partial charge in [-0.15, -0.1) is 0 Å². The number of unbranched alkanes of at least 4 members (excludes halogenated alkanes) is 1. The number of aromatic nitrogens is 1. The van der Waals surface area contributed by atoms with Gasteiger partial charge in [0.2, 0.25) is 0 Å². The summed E-state index contributed by atoms with van der Waals surface area (Å²) >= 11 is 9.79. The Labute approximate surface area is 148 Å². The Morgan fingerprint density at radius 1 is 1.13 bits per heavy atom. The van der Waals surface area contributed by atoms with Crippen LogP contribution in [0.15, 0.2) is 40.9 Å². The summed E-state index contributed by atoms with van der Waals surface area (Å²) in [6, 6.07) is 10.4. The van der Waals surface area contributed by atoms with Crippen molar-refractivity contribution < 1.29 is 4.39 Å². The van der Waals surface area contributed by atoms with Gasteiger partial charge in [0.05, 0.1) is 5.52 Å². The van der Waals surface area contributed by atoms with Crippen LogP contribution in [-0.4, -0.2) is 11.5 Å². The zero-order valence-electron chi connectivity index (χ0n) is 12.5. The summed E-state index contributed by atoms with van der Waals surface area (Å²) in [6.45, 7) is 0.679. The van der Waals surface area contributed by atoms with Crippen molar-refractivity contribution >= 4 is 38.4 Å². The van der Waals surface area contributed by atoms with Gasteiger partial charge in [-0.05, 0) is 89.3 Å². The smallest absolute Gasteiger partial charge is 0.123 e. The number of nitrogens with one attached hydrogen (secondary N) is 1. The van der Waals surface area contributed by atoms with Crippen LogP contribution in [0.5, 0.6) is 0 Å². The molecule has 1 aromatic heterocycles. The van der Waals surface area contributed by atoms with Gasteiger partial charge in [-0.25, -0.2) is 4.39 Å². The number of aryl methyl sites for hydroxylation is 1. The molecule has 3 aromatic rings. The molecule has 3 rings (SSSR count). The molecule has 2 nitrogen and oxygen atoms in total. The Morgan fingerprint density at radius 2 is 1.87 bits per heavy atom. The Morgan fingerprint density at radius 3 is 2.57 bits per heavy atom. The van der Waals surface area contributed by atoms with Gasteiger partial charge in [0, 0.05) is 20.6 Å². The molecule has 1 heterocycles. The van der Waals surface area contributed by atoms with Crippen molar-refractivity contribution in [2.75, 3.05) is 6.54 Å². The first-order chi connectivity index (χ1) is 11.1. The minimum Gasteiger partial charge on any atom is -0.353 e. The second kappa shape index (κ2) is 7.04. The van der Waals surface area contributed by atoms with E-state index >= 15 is 0 Å². The summed E-state index contributed by atoms with van der Waals surface area (Å²) in [5.41, 5.74) is 9.80. The Bertz CT molecular complexity index is 827. The minimum atomic E-state index is -0.237. The third-order valence-electron chi connectivity index (χ3n) is 3.95. The summed E-state index contributed by atoms with van der Waals surface area (Å²) < 4.78 is 14.1. The van der Waals surface area contributed by atoms with E-state index in [-0.39, 0.29) is 5.82 Å². The van der Waals surface area contributed by atoms with Crippen LogP contribution in [0.1, 0.15) is 18.4 Å². The number of aromatic amines is 1. The van der Waals surface area contributed by atoms with Gasteiger partial charge >= 0.3 is 0 Å². The van der Waals surface area contributed by atoms with Crippen LogP contribution in [0.4, 0.5) is 4.39 Å². The van der Waals surface area contributed by atoms with E-state index in [1.165, 1.54) is 17.7 Å². The molecule has 0 saturated carbocycles. The molecule has 0 unspecified atom stereocenters. The van der Waals surface area contributed by atoms with Crippen molar-refractivity contribution in [2.24, 2.45) is 5.73 Å². The highest BCUT2D eigenvalue weighted by atomic mass is 79.9. The highest BCUT2D eigenvalue weighted by Gasteiger charge is 2.15. The fourth-order valence-corrected chi connectivity index (χ4v) is 3.75. The Hall–Kier alpha value is -1.36. The predicted molar refractivity (Wildman–Crippen MR) is 98.4 cm³/mol. The molecule has 5 heteroatoms. The van der Waals surface area contributed by atoms with Gasteiger partial charge in [-0.2, -0.15) is 0 Å². The first-order valence-electron chi connectivity index (χ1n) is 7.55. The van der Waals surface area contributed by atoms with Crippen molar-refractivity contribution in [2.45, 2.75) is 19.3 Å². The molecule has 3 N–H and O–H groups in total. The van der Waals surface area contributed by atoms with E-state index < -0.39 is 0 Å². The topological polar surface area (TPSA) is 41.8 Å². The van der Waals surface area contributed by atoms with Crippen LogP contribution in [0.25, 0.3) is 22.2 Å². The minimum absolute atomic E-state index is 0.237. The lowest BCUT2D eigenvalue weighted by Crippen LogP contribution is -1.99. The van der Waals surface area contributed by atoms with Crippen molar-refractivity contribution in [1.82, 2.24) is 4.98 Å². The maximum atomic E-state index is 13.2. The molecule has 0 spiro atoms. The lowest BCUT2D eigenvalue weighted by Gasteiger charge is -2.05. The van der Waals surface area contributed by atoms with Gasteiger partial charge in [-0.3, -0.25) is 0 Å². The largest absolute Gasteiger partial charge is 0.353 e. The Balaban J connectivity index is 2.16. The molecule has 0 saturated heterocycles. The summed E-state index contributed by atoms with van der Waals surface area (Å²) in [7, 11) is 0. The molecule has 0 atom stereocenters.